The summed E-state index contributed by atoms with van der Waals surface area (Å²) in [5.41, 5.74) is 2.35. The summed E-state index contributed by atoms with van der Waals surface area (Å²) in [5, 5.41) is 8.58. The maximum absolute atomic E-state index is 13.3. The molecule has 0 atom stereocenters. The van der Waals surface area contributed by atoms with E-state index in [4.69, 9.17) is 0 Å². The van der Waals surface area contributed by atoms with E-state index in [9.17, 15) is 8.78 Å². The molecule has 3 aromatic carbocycles. The molecular formula is C20H13F2N3. The fourth-order valence-corrected chi connectivity index (χ4v) is 2.68. The second-order valence-electron chi connectivity index (χ2n) is 5.53. The zero-order chi connectivity index (χ0) is 17.2. The maximum Gasteiger partial charge on any atom is 0.168 e. The monoisotopic (exact) mass is 333 g/mol. The molecule has 3 nitrogen and oxygen atoms in total. The summed E-state index contributed by atoms with van der Waals surface area (Å²) >= 11 is 0. The molecule has 0 aliphatic carbocycles. The van der Waals surface area contributed by atoms with E-state index < -0.39 is 0 Å². The molecule has 122 valence electrons. The van der Waals surface area contributed by atoms with Crippen LogP contribution in [0.4, 0.5) is 8.78 Å². The molecule has 0 spiro atoms. The Hall–Kier alpha value is -3.34. The van der Waals surface area contributed by atoms with Gasteiger partial charge in [-0.2, -0.15) is 0 Å². The van der Waals surface area contributed by atoms with Crippen LogP contribution < -0.4 is 0 Å². The summed E-state index contributed by atoms with van der Waals surface area (Å²) < 4.78 is 28.4. The third kappa shape index (κ3) is 2.92. The topological polar surface area (TPSA) is 30.7 Å². The van der Waals surface area contributed by atoms with E-state index in [-0.39, 0.29) is 11.6 Å². The predicted octanol–water partition coefficient (Wildman–Crippen LogP) is 4.88. The first-order chi connectivity index (χ1) is 12.2. The zero-order valence-electron chi connectivity index (χ0n) is 13.1. The molecule has 25 heavy (non-hydrogen) atoms. The van der Waals surface area contributed by atoms with Crippen LogP contribution in [0.2, 0.25) is 0 Å². The molecule has 0 aliphatic rings. The largest absolute Gasteiger partial charge is 0.275 e. The first-order valence-corrected chi connectivity index (χ1v) is 7.75. The van der Waals surface area contributed by atoms with Gasteiger partial charge in [0.15, 0.2) is 11.6 Å². The Morgan fingerprint density at radius 1 is 0.560 bits per heavy atom. The molecule has 1 heterocycles. The van der Waals surface area contributed by atoms with Crippen molar-refractivity contribution >= 4 is 0 Å². The van der Waals surface area contributed by atoms with E-state index in [0.29, 0.717) is 11.6 Å². The minimum Gasteiger partial charge on any atom is -0.275 e. The summed E-state index contributed by atoms with van der Waals surface area (Å²) in [7, 11) is 0. The van der Waals surface area contributed by atoms with Gasteiger partial charge in [-0.25, -0.2) is 8.78 Å². The van der Waals surface area contributed by atoms with E-state index in [0.717, 1.165) is 16.8 Å². The summed E-state index contributed by atoms with van der Waals surface area (Å²) in [6.07, 6.45) is 0. The second kappa shape index (κ2) is 6.28. The first kappa shape index (κ1) is 15.2. The highest BCUT2D eigenvalue weighted by Crippen LogP contribution is 2.28. The van der Waals surface area contributed by atoms with Gasteiger partial charge in [0.2, 0.25) is 0 Å². The van der Waals surface area contributed by atoms with Crippen LogP contribution in [0.15, 0.2) is 78.9 Å². The molecule has 0 saturated carbocycles. The summed E-state index contributed by atoms with van der Waals surface area (Å²) in [6.45, 7) is 0. The van der Waals surface area contributed by atoms with E-state index >= 15 is 0 Å². The van der Waals surface area contributed by atoms with Crippen LogP contribution in [0.25, 0.3) is 28.5 Å². The van der Waals surface area contributed by atoms with Crippen LogP contribution in [-0.2, 0) is 0 Å². The molecule has 0 aliphatic heterocycles. The zero-order valence-corrected chi connectivity index (χ0v) is 13.1. The number of benzene rings is 3. The number of rotatable bonds is 3. The number of aromatic nitrogens is 3. The molecule has 0 bridgehead atoms. The molecule has 0 unspecified atom stereocenters. The lowest BCUT2D eigenvalue weighted by Gasteiger charge is -2.10. The quantitative estimate of drug-likeness (QED) is 0.535. The van der Waals surface area contributed by atoms with Gasteiger partial charge < -0.3 is 0 Å². The van der Waals surface area contributed by atoms with E-state index in [1.165, 1.54) is 24.3 Å². The fraction of sp³-hybridized carbons (Fsp3) is 0. The van der Waals surface area contributed by atoms with Crippen LogP contribution >= 0.6 is 0 Å². The van der Waals surface area contributed by atoms with Crippen molar-refractivity contribution < 1.29 is 8.78 Å². The lowest BCUT2D eigenvalue weighted by Crippen LogP contribution is -2.00. The third-order valence-electron chi connectivity index (χ3n) is 3.88. The van der Waals surface area contributed by atoms with Crippen molar-refractivity contribution in [3.63, 3.8) is 0 Å². The van der Waals surface area contributed by atoms with E-state index in [1.807, 2.05) is 34.9 Å². The van der Waals surface area contributed by atoms with Gasteiger partial charge in [-0.15, -0.1) is 10.2 Å². The van der Waals surface area contributed by atoms with Crippen LogP contribution in [0.1, 0.15) is 0 Å². The molecule has 0 saturated heterocycles. The Labute approximate surface area is 143 Å². The van der Waals surface area contributed by atoms with Gasteiger partial charge in [0.05, 0.1) is 0 Å². The lowest BCUT2D eigenvalue weighted by atomic mass is 10.1. The van der Waals surface area contributed by atoms with Gasteiger partial charge in [0, 0.05) is 16.8 Å². The van der Waals surface area contributed by atoms with Gasteiger partial charge in [0.25, 0.3) is 0 Å². The minimum atomic E-state index is -0.312. The van der Waals surface area contributed by atoms with Gasteiger partial charge in [0.1, 0.15) is 11.6 Å². The highest BCUT2D eigenvalue weighted by atomic mass is 19.1. The normalized spacial score (nSPS) is 10.8. The maximum atomic E-state index is 13.3. The SMILES string of the molecule is Fc1ccc(-c2nnc(-c3ccc(F)cc3)n2-c2ccccc2)cc1. The van der Waals surface area contributed by atoms with Crippen molar-refractivity contribution in [1.29, 1.82) is 0 Å². The highest BCUT2D eigenvalue weighted by Gasteiger charge is 2.17. The van der Waals surface area contributed by atoms with Gasteiger partial charge in [-0.05, 0) is 60.7 Å². The van der Waals surface area contributed by atoms with Crippen molar-refractivity contribution in [2.45, 2.75) is 0 Å². The molecule has 1 aromatic heterocycles. The smallest absolute Gasteiger partial charge is 0.168 e. The van der Waals surface area contributed by atoms with E-state index in [1.54, 1.807) is 24.3 Å². The lowest BCUT2D eigenvalue weighted by molar-refractivity contribution is 0.627. The Kier molecular flexibility index (Phi) is 3.82. The second-order valence-corrected chi connectivity index (χ2v) is 5.53. The average Bonchev–Trinajstić information content (AvgIpc) is 3.09. The third-order valence-corrected chi connectivity index (χ3v) is 3.88. The van der Waals surface area contributed by atoms with Crippen molar-refractivity contribution in [1.82, 2.24) is 14.8 Å². The minimum absolute atomic E-state index is 0.312. The van der Waals surface area contributed by atoms with Crippen molar-refractivity contribution in [3.05, 3.63) is 90.5 Å². The molecule has 0 amide bonds. The Bertz CT molecular complexity index is 929. The van der Waals surface area contributed by atoms with E-state index in [2.05, 4.69) is 10.2 Å². The number of hydrogen-bond acceptors (Lipinski definition) is 2. The van der Waals surface area contributed by atoms with Crippen molar-refractivity contribution in [2.24, 2.45) is 0 Å². The predicted molar refractivity (Wildman–Crippen MR) is 92.1 cm³/mol. The fourth-order valence-electron chi connectivity index (χ4n) is 2.68. The molecular weight excluding hydrogens is 320 g/mol. The van der Waals surface area contributed by atoms with Crippen LogP contribution in [-0.4, -0.2) is 14.8 Å². The number of para-hydroxylation sites is 1. The van der Waals surface area contributed by atoms with Crippen molar-refractivity contribution in [2.75, 3.05) is 0 Å². The Balaban J connectivity index is 1.94. The van der Waals surface area contributed by atoms with Gasteiger partial charge in [-0.3, -0.25) is 4.57 Å². The van der Waals surface area contributed by atoms with Crippen molar-refractivity contribution in [3.8, 4) is 28.5 Å². The molecule has 4 rings (SSSR count). The van der Waals surface area contributed by atoms with Crippen LogP contribution in [0.3, 0.4) is 0 Å². The van der Waals surface area contributed by atoms with Gasteiger partial charge in [-0.1, -0.05) is 18.2 Å². The summed E-state index contributed by atoms with van der Waals surface area (Å²) in [4.78, 5) is 0. The van der Waals surface area contributed by atoms with Gasteiger partial charge >= 0.3 is 0 Å². The standard InChI is InChI=1S/C20H13F2N3/c21-16-10-6-14(7-11-16)19-23-24-20(15-8-12-17(22)13-9-15)25(19)18-4-2-1-3-5-18/h1-13H. The highest BCUT2D eigenvalue weighted by molar-refractivity contribution is 5.66. The molecule has 0 N–H and O–H groups in total. The molecule has 0 fully saturated rings. The Morgan fingerprint density at radius 2 is 1.00 bits per heavy atom. The summed E-state index contributed by atoms with van der Waals surface area (Å²) in [6, 6.07) is 21.8. The number of halogens is 2. The summed E-state index contributed by atoms with van der Waals surface area (Å²) in [5.74, 6) is 0.553. The number of nitrogens with zero attached hydrogens (tertiary/aromatic N) is 3. The first-order valence-electron chi connectivity index (χ1n) is 7.75. The Morgan fingerprint density at radius 3 is 1.44 bits per heavy atom. The molecule has 0 radical (unpaired) electrons. The molecule has 5 heteroatoms. The number of hydrogen-bond donors (Lipinski definition) is 0. The van der Waals surface area contributed by atoms with Crippen LogP contribution in [0, 0.1) is 11.6 Å². The average molecular weight is 333 g/mol. The van der Waals surface area contributed by atoms with Crippen LogP contribution in [0.5, 0.6) is 0 Å². The molecule has 4 aromatic rings.